The Morgan fingerprint density at radius 1 is 1.07 bits per heavy atom. The van der Waals surface area contributed by atoms with Crippen molar-refractivity contribution in [3.8, 4) is 0 Å². The minimum Gasteiger partial charge on any atom is -0.381 e. The van der Waals surface area contributed by atoms with Crippen LogP contribution in [0.1, 0.15) is 35.1 Å². The maximum absolute atomic E-state index is 13.9. The number of rotatable bonds is 5. The monoisotopic (exact) mass is 571 g/mol. The van der Waals surface area contributed by atoms with E-state index in [2.05, 4.69) is 20.9 Å². The summed E-state index contributed by atoms with van der Waals surface area (Å²) in [7, 11) is 1.41. The highest BCUT2D eigenvalue weighted by molar-refractivity contribution is 6.17. The Kier molecular flexibility index (Phi) is 7.56. The topological polar surface area (TPSA) is 129 Å². The zero-order valence-electron chi connectivity index (χ0n) is 22.1. The molecule has 3 N–H and O–H groups in total. The first kappa shape index (κ1) is 28.3. The lowest BCUT2D eigenvalue weighted by Gasteiger charge is -2.29. The molecule has 1 saturated heterocycles. The van der Waals surface area contributed by atoms with Gasteiger partial charge in [-0.05, 0) is 42.2 Å². The van der Waals surface area contributed by atoms with Gasteiger partial charge in [0.2, 0.25) is 11.8 Å². The Labute approximate surface area is 233 Å². The van der Waals surface area contributed by atoms with Crippen LogP contribution in [0.5, 0.6) is 0 Å². The van der Waals surface area contributed by atoms with Gasteiger partial charge in [0.15, 0.2) is 0 Å². The molecule has 0 radical (unpaired) electrons. The van der Waals surface area contributed by atoms with Crippen molar-refractivity contribution >= 4 is 35.3 Å². The molecule has 5 rings (SSSR count). The van der Waals surface area contributed by atoms with E-state index in [9.17, 15) is 32.3 Å². The number of hydrogen-bond acceptors (Lipinski definition) is 6. The van der Waals surface area contributed by atoms with Crippen molar-refractivity contribution in [3.05, 3.63) is 64.7 Å². The summed E-state index contributed by atoms with van der Waals surface area (Å²) in [5.74, 6) is -2.21. The molecule has 1 fully saturated rings. The number of urea groups is 1. The summed E-state index contributed by atoms with van der Waals surface area (Å²) in [4.78, 5) is 56.1. The second-order valence-electron chi connectivity index (χ2n) is 10.2. The standard InChI is InChI=1S/C28H28F3N5O5/c1-32-26(40)34-24(38)18-12-16-6-7-19(14-17(16)13-18)33-22(37)15-36-23(20-4-2-3-5-21(20)28(29,30)31)35-27(25(36)39)8-10-41-11-9-27/h2-7,14,18H,8-13,15H2,1H3,(H,33,37)(H2,32,34,38,40)/t18-/m1/s1. The van der Waals surface area contributed by atoms with Gasteiger partial charge < -0.3 is 15.4 Å². The van der Waals surface area contributed by atoms with E-state index in [0.717, 1.165) is 22.1 Å². The third-order valence-corrected chi connectivity index (χ3v) is 7.57. The summed E-state index contributed by atoms with van der Waals surface area (Å²) in [6.45, 7) is -0.0951. The van der Waals surface area contributed by atoms with Crippen molar-refractivity contribution in [3.63, 3.8) is 0 Å². The summed E-state index contributed by atoms with van der Waals surface area (Å²) in [6.07, 6.45) is -3.51. The number of ether oxygens (including phenoxy) is 1. The quantitative estimate of drug-likeness (QED) is 0.508. The number of anilines is 1. The molecule has 0 saturated carbocycles. The molecule has 13 heteroatoms. The first-order chi connectivity index (χ1) is 19.5. The third-order valence-electron chi connectivity index (χ3n) is 7.57. The molecule has 1 aliphatic carbocycles. The Morgan fingerprint density at radius 2 is 1.78 bits per heavy atom. The molecule has 10 nitrogen and oxygen atoms in total. The van der Waals surface area contributed by atoms with Gasteiger partial charge in [-0.25, -0.2) is 4.79 Å². The van der Waals surface area contributed by atoms with Gasteiger partial charge in [-0.2, -0.15) is 13.2 Å². The predicted molar refractivity (Wildman–Crippen MR) is 141 cm³/mol. The smallest absolute Gasteiger partial charge is 0.381 e. The molecule has 41 heavy (non-hydrogen) atoms. The lowest BCUT2D eigenvalue weighted by molar-refractivity contribution is -0.138. The summed E-state index contributed by atoms with van der Waals surface area (Å²) < 4.78 is 47.0. The molecule has 2 aromatic carbocycles. The van der Waals surface area contributed by atoms with Crippen molar-refractivity contribution in [2.45, 2.75) is 37.4 Å². The number of alkyl halides is 3. The number of hydrogen-bond donors (Lipinski definition) is 3. The number of nitrogens with one attached hydrogen (secondary N) is 3. The molecule has 0 aromatic heterocycles. The third kappa shape index (κ3) is 5.67. The molecular formula is C28H28F3N5O5. The number of amidine groups is 1. The van der Waals surface area contributed by atoms with Crippen LogP contribution >= 0.6 is 0 Å². The molecule has 2 aromatic rings. The van der Waals surface area contributed by atoms with Crippen molar-refractivity contribution in [2.24, 2.45) is 10.9 Å². The largest absolute Gasteiger partial charge is 0.417 e. The highest BCUT2D eigenvalue weighted by atomic mass is 19.4. The minimum absolute atomic E-state index is 0.195. The van der Waals surface area contributed by atoms with Crippen LogP contribution in [-0.2, 0) is 38.1 Å². The second kappa shape index (κ2) is 11.0. The van der Waals surface area contributed by atoms with Crippen LogP contribution in [0.25, 0.3) is 0 Å². The number of halogens is 3. The van der Waals surface area contributed by atoms with Crippen LogP contribution < -0.4 is 16.0 Å². The fraction of sp³-hybridized carbons (Fsp3) is 0.393. The summed E-state index contributed by atoms with van der Waals surface area (Å²) in [5, 5.41) is 7.31. The van der Waals surface area contributed by atoms with Crippen LogP contribution in [0.2, 0.25) is 0 Å². The fourth-order valence-electron chi connectivity index (χ4n) is 5.47. The number of benzene rings is 2. The number of carbonyl (C=O) groups excluding carboxylic acids is 4. The van der Waals surface area contributed by atoms with E-state index in [-0.39, 0.29) is 37.5 Å². The van der Waals surface area contributed by atoms with E-state index >= 15 is 0 Å². The fourth-order valence-corrected chi connectivity index (χ4v) is 5.47. The second-order valence-corrected chi connectivity index (χ2v) is 10.2. The van der Waals surface area contributed by atoms with Crippen molar-refractivity contribution in [1.82, 2.24) is 15.5 Å². The highest BCUT2D eigenvalue weighted by Gasteiger charge is 2.51. The maximum Gasteiger partial charge on any atom is 0.417 e. The van der Waals surface area contributed by atoms with Crippen LogP contribution in [0.4, 0.5) is 23.7 Å². The van der Waals surface area contributed by atoms with Gasteiger partial charge in [-0.3, -0.25) is 29.6 Å². The molecule has 2 aliphatic heterocycles. The Hall–Kier alpha value is -4.26. The molecule has 3 aliphatic rings. The Morgan fingerprint density at radius 3 is 2.49 bits per heavy atom. The molecule has 2 heterocycles. The normalized spacial score (nSPS) is 19.5. The zero-order chi connectivity index (χ0) is 29.4. The van der Waals surface area contributed by atoms with Gasteiger partial charge >= 0.3 is 12.2 Å². The minimum atomic E-state index is -4.69. The van der Waals surface area contributed by atoms with E-state index < -0.39 is 53.5 Å². The van der Waals surface area contributed by atoms with Crippen LogP contribution in [0, 0.1) is 5.92 Å². The van der Waals surface area contributed by atoms with E-state index in [0.29, 0.717) is 18.5 Å². The summed E-state index contributed by atoms with van der Waals surface area (Å²) in [5.41, 5.74) is -0.390. The summed E-state index contributed by atoms with van der Waals surface area (Å²) >= 11 is 0. The highest BCUT2D eigenvalue weighted by Crippen LogP contribution is 2.38. The van der Waals surface area contributed by atoms with Gasteiger partial charge in [-0.1, -0.05) is 24.3 Å². The number of imide groups is 1. The zero-order valence-corrected chi connectivity index (χ0v) is 22.1. The first-order valence-corrected chi connectivity index (χ1v) is 13.1. The van der Waals surface area contributed by atoms with Gasteiger partial charge in [0, 0.05) is 50.3 Å². The number of fused-ring (bicyclic) bond motifs is 1. The van der Waals surface area contributed by atoms with E-state index in [1.165, 1.54) is 25.2 Å². The molecule has 0 bridgehead atoms. The van der Waals surface area contributed by atoms with E-state index in [4.69, 9.17) is 4.74 Å². The Bertz CT molecular complexity index is 1430. The van der Waals surface area contributed by atoms with Gasteiger partial charge in [-0.15, -0.1) is 0 Å². The first-order valence-electron chi connectivity index (χ1n) is 13.1. The molecule has 216 valence electrons. The molecule has 0 unspecified atom stereocenters. The lowest BCUT2D eigenvalue weighted by Crippen LogP contribution is -2.48. The molecular weight excluding hydrogens is 543 g/mol. The van der Waals surface area contributed by atoms with Crippen molar-refractivity contribution < 1.29 is 37.1 Å². The number of nitrogens with zero attached hydrogens (tertiary/aromatic N) is 2. The molecule has 1 atom stereocenters. The lowest BCUT2D eigenvalue weighted by atomic mass is 9.90. The number of carbonyl (C=O) groups is 4. The molecule has 1 spiro atoms. The average Bonchev–Trinajstić information content (AvgIpc) is 3.48. The average molecular weight is 572 g/mol. The van der Waals surface area contributed by atoms with Gasteiger partial charge in [0.05, 0.1) is 5.56 Å². The van der Waals surface area contributed by atoms with Crippen LogP contribution in [-0.4, -0.2) is 66.8 Å². The predicted octanol–water partition coefficient (Wildman–Crippen LogP) is 2.65. The van der Waals surface area contributed by atoms with Gasteiger partial charge in [0.25, 0.3) is 5.91 Å². The maximum atomic E-state index is 13.9. The SMILES string of the molecule is CNC(=O)NC(=O)[C@@H]1Cc2ccc(NC(=O)CN3C(=O)C4(CCOCC4)N=C3c3ccccc3C(F)(F)F)cc2C1. The summed E-state index contributed by atoms with van der Waals surface area (Å²) in [6, 6.07) is 9.37. The van der Waals surface area contributed by atoms with Crippen LogP contribution in [0.15, 0.2) is 47.5 Å². The van der Waals surface area contributed by atoms with Gasteiger partial charge in [0.1, 0.15) is 17.9 Å². The number of aliphatic imine (C=N–C) groups is 1. The van der Waals surface area contributed by atoms with Crippen molar-refractivity contribution in [2.75, 3.05) is 32.1 Å². The van der Waals surface area contributed by atoms with Crippen molar-refractivity contribution in [1.29, 1.82) is 0 Å². The molecule has 5 amide bonds. The Balaban J connectivity index is 1.35. The number of amides is 5. The van der Waals surface area contributed by atoms with E-state index in [1.54, 1.807) is 18.2 Å². The van der Waals surface area contributed by atoms with E-state index in [1.807, 2.05) is 0 Å². The van der Waals surface area contributed by atoms with Crippen LogP contribution in [0.3, 0.4) is 0 Å².